The molecule has 0 saturated carbocycles. The van der Waals surface area contributed by atoms with Crippen LogP contribution in [-0.4, -0.2) is 25.2 Å². The van der Waals surface area contributed by atoms with E-state index in [1.54, 1.807) is 36.4 Å². The molecule has 0 saturated heterocycles. The summed E-state index contributed by atoms with van der Waals surface area (Å²) >= 11 is 0. The van der Waals surface area contributed by atoms with Crippen LogP contribution in [0.5, 0.6) is 0 Å². The maximum atomic E-state index is 13.4. The summed E-state index contributed by atoms with van der Waals surface area (Å²) in [5, 5.41) is 1.47. The number of carbonyl (C=O) groups excluding carboxylic acids is 1. The zero-order valence-corrected chi connectivity index (χ0v) is 14.8. The van der Waals surface area contributed by atoms with Crippen LogP contribution in [0.4, 0.5) is 0 Å². The highest BCUT2D eigenvalue weighted by Gasteiger charge is 2.39. The Bertz CT molecular complexity index is 1100. The normalized spacial score (nSPS) is 17.8. The quantitative estimate of drug-likeness (QED) is 0.774. The van der Waals surface area contributed by atoms with Gasteiger partial charge in [-0.05, 0) is 29.0 Å². The van der Waals surface area contributed by atoms with E-state index in [0.29, 0.717) is 17.4 Å². The lowest BCUT2D eigenvalue weighted by Crippen LogP contribution is -2.45. The van der Waals surface area contributed by atoms with E-state index in [9.17, 15) is 13.2 Å². The molecule has 26 heavy (non-hydrogen) atoms. The largest absolute Gasteiger partial charge is 0.368 e. The molecule has 1 unspecified atom stereocenters. The minimum atomic E-state index is -3.89. The summed E-state index contributed by atoms with van der Waals surface area (Å²) < 4.78 is 28.1. The molecule has 2 N–H and O–H groups in total. The summed E-state index contributed by atoms with van der Waals surface area (Å²) in [5.74, 6) is -0.666. The van der Waals surface area contributed by atoms with Crippen LogP contribution >= 0.6 is 0 Å². The van der Waals surface area contributed by atoms with Crippen LogP contribution in [0.15, 0.2) is 71.6 Å². The summed E-state index contributed by atoms with van der Waals surface area (Å²) in [7, 11) is -3.89. The minimum absolute atomic E-state index is 0.196. The zero-order valence-electron chi connectivity index (χ0n) is 14.0. The lowest BCUT2D eigenvalue weighted by molar-refractivity contribution is -0.122. The SMILES string of the molecule is NC(=O)C1c2ccccc2CCN1S(=O)(=O)c1cccc2ccccc12. The summed E-state index contributed by atoms with van der Waals surface area (Å²) in [4.78, 5) is 12.4. The van der Waals surface area contributed by atoms with Crippen LogP contribution in [0.25, 0.3) is 10.8 Å². The topological polar surface area (TPSA) is 80.5 Å². The highest BCUT2D eigenvalue weighted by molar-refractivity contribution is 7.89. The molecule has 0 radical (unpaired) electrons. The number of nitrogens with zero attached hydrogens (tertiary/aromatic N) is 1. The summed E-state index contributed by atoms with van der Waals surface area (Å²) in [5.41, 5.74) is 7.24. The van der Waals surface area contributed by atoms with Gasteiger partial charge in [-0.1, -0.05) is 60.7 Å². The Morgan fingerprint density at radius 2 is 1.65 bits per heavy atom. The van der Waals surface area contributed by atoms with Gasteiger partial charge in [0.1, 0.15) is 6.04 Å². The molecule has 3 aromatic rings. The molecule has 1 heterocycles. The number of amides is 1. The summed E-state index contributed by atoms with van der Waals surface area (Å²) in [6, 6.07) is 18.8. The van der Waals surface area contributed by atoms with Crippen molar-refractivity contribution < 1.29 is 13.2 Å². The third kappa shape index (κ3) is 2.58. The second-order valence-corrected chi connectivity index (χ2v) is 8.21. The smallest absolute Gasteiger partial charge is 0.244 e. The number of rotatable bonds is 3. The van der Waals surface area contributed by atoms with E-state index < -0.39 is 22.0 Å². The van der Waals surface area contributed by atoms with Gasteiger partial charge in [0.15, 0.2) is 0 Å². The Labute approximate surface area is 152 Å². The number of fused-ring (bicyclic) bond motifs is 2. The first-order chi connectivity index (χ1) is 12.5. The van der Waals surface area contributed by atoms with Crippen molar-refractivity contribution in [3.63, 3.8) is 0 Å². The van der Waals surface area contributed by atoms with Gasteiger partial charge in [-0.25, -0.2) is 8.42 Å². The van der Waals surface area contributed by atoms with E-state index in [0.717, 1.165) is 10.9 Å². The molecule has 1 aliphatic rings. The average molecular weight is 366 g/mol. The molecule has 0 spiro atoms. The summed E-state index contributed by atoms with van der Waals surface area (Å²) in [6.07, 6.45) is 0.546. The maximum absolute atomic E-state index is 13.4. The number of sulfonamides is 1. The molecule has 1 amide bonds. The second kappa shape index (κ2) is 6.23. The van der Waals surface area contributed by atoms with Crippen molar-refractivity contribution in [2.24, 2.45) is 5.73 Å². The fourth-order valence-electron chi connectivity index (χ4n) is 3.64. The molecule has 132 valence electrons. The Balaban J connectivity index is 1.89. The lowest BCUT2D eigenvalue weighted by Gasteiger charge is -2.34. The maximum Gasteiger partial charge on any atom is 0.244 e. The molecule has 3 aromatic carbocycles. The fourth-order valence-corrected chi connectivity index (χ4v) is 5.44. The molecule has 0 bridgehead atoms. The van der Waals surface area contributed by atoms with Gasteiger partial charge in [-0.3, -0.25) is 4.79 Å². The predicted octanol–water partition coefficient (Wildman–Crippen LogP) is 2.61. The number of primary amides is 1. The molecule has 4 rings (SSSR count). The minimum Gasteiger partial charge on any atom is -0.368 e. The van der Waals surface area contributed by atoms with Crippen molar-refractivity contribution in [1.29, 1.82) is 0 Å². The van der Waals surface area contributed by atoms with Crippen molar-refractivity contribution >= 4 is 26.7 Å². The number of hydrogen-bond acceptors (Lipinski definition) is 3. The van der Waals surface area contributed by atoms with Crippen LogP contribution < -0.4 is 5.73 Å². The molecule has 5 nitrogen and oxygen atoms in total. The first-order valence-corrected chi connectivity index (χ1v) is 9.81. The Kier molecular flexibility index (Phi) is 4.01. The molecule has 1 atom stereocenters. The van der Waals surface area contributed by atoms with Crippen molar-refractivity contribution in [3.05, 3.63) is 77.9 Å². The molecule has 0 fully saturated rings. The number of hydrogen-bond donors (Lipinski definition) is 1. The molecular formula is C20H18N2O3S. The third-order valence-electron chi connectivity index (χ3n) is 4.84. The van der Waals surface area contributed by atoms with Crippen molar-refractivity contribution in [3.8, 4) is 0 Å². The standard InChI is InChI=1S/C20H18N2O3S/c21-20(23)19-17-10-4-2-7-15(17)12-13-22(19)26(24,25)18-11-5-8-14-6-1-3-9-16(14)18/h1-11,19H,12-13H2,(H2,21,23). The third-order valence-corrected chi connectivity index (χ3v) is 6.77. The lowest BCUT2D eigenvalue weighted by atomic mass is 9.94. The van der Waals surface area contributed by atoms with Gasteiger partial charge in [0.25, 0.3) is 0 Å². The predicted molar refractivity (Wildman–Crippen MR) is 99.9 cm³/mol. The Hall–Kier alpha value is -2.70. The number of benzene rings is 3. The zero-order chi connectivity index (χ0) is 18.3. The van der Waals surface area contributed by atoms with Crippen molar-refractivity contribution in [1.82, 2.24) is 4.31 Å². The average Bonchev–Trinajstić information content (AvgIpc) is 2.66. The Morgan fingerprint density at radius 1 is 0.962 bits per heavy atom. The van der Waals surface area contributed by atoms with E-state index in [4.69, 9.17) is 5.73 Å². The van der Waals surface area contributed by atoms with E-state index in [1.165, 1.54) is 4.31 Å². The molecule has 1 aliphatic heterocycles. The van der Waals surface area contributed by atoms with Crippen LogP contribution in [0.2, 0.25) is 0 Å². The second-order valence-electron chi connectivity index (χ2n) is 6.35. The van der Waals surface area contributed by atoms with Crippen molar-refractivity contribution in [2.45, 2.75) is 17.4 Å². The van der Waals surface area contributed by atoms with Gasteiger partial charge in [-0.15, -0.1) is 0 Å². The molecule has 0 aliphatic carbocycles. The number of nitrogens with two attached hydrogens (primary N) is 1. The van der Waals surface area contributed by atoms with Gasteiger partial charge in [0.2, 0.25) is 15.9 Å². The monoisotopic (exact) mass is 366 g/mol. The molecule has 0 aromatic heterocycles. The first kappa shape index (κ1) is 16.8. The van der Waals surface area contributed by atoms with Crippen molar-refractivity contribution in [2.75, 3.05) is 6.54 Å². The van der Waals surface area contributed by atoms with E-state index in [-0.39, 0.29) is 11.4 Å². The summed E-state index contributed by atoms with van der Waals surface area (Å²) in [6.45, 7) is 0.218. The highest BCUT2D eigenvalue weighted by Crippen LogP contribution is 2.35. The van der Waals surface area contributed by atoms with Crippen LogP contribution in [0, 0.1) is 0 Å². The van der Waals surface area contributed by atoms with Gasteiger partial charge >= 0.3 is 0 Å². The van der Waals surface area contributed by atoms with E-state index in [1.807, 2.05) is 30.3 Å². The fraction of sp³-hybridized carbons (Fsp3) is 0.150. The van der Waals surface area contributed by atoms with Gasteiger partial charge in [-0.2, -0.15) is 4.31 Å². The number of carbonyl (C=O) groups is 1. The molecule has 6 heteroatoms. The first-order valence-electron chi connectivity index (χ1n) is 8.37. The van der Waals surface area contributed by atoms with Gasteiger partial charge < -0.3 is 5.73 Å². The van der Waals surface area contributed by atoms with Crippen LogP contribution in [-0.2, 0) is 21.2 Å². The van der Waals surface area contributed by atoms with Gasteiger partial charge in [0, 0.05) is 11.9 Å². The highest BCUT2D eigenvalue weighted by atomic mass is 32.2. The van der Waals surface area contributed by atoms with E-state index >= 15 is 0 Å². The van der Waals surface area contributed by atoms with Gasteiger partial charge in [0.05, 0.1) is 4.90 Å². The Morgan fingerprint density at radius 3 is 2.46 bits per heavy atom. The van der Waals surface area contributed by atoms with Crippen LogP contribution in [0.1, 0.15) is 17.2 Å². The molecular weight excluding hydrogens is 348 g/mol. The van der Waals surface area contributed by atoms with Crippen LogP contribution in [0.3, 0.4) is 0 Å². The van der Waals surface area contributed by atoms with E-state index in [2.05, 4.69) is 0 Å².